The van der Waals surface area contributed by atoms with Gasteiger partial charge in [-0.25, -0.2) is 0 Å². The van der Waals surface area contributed by atoms with E-state index in [0.717, 1.165) is 22.6 Å². The Labute approximate surface area is 114 Å². The number of aliphatic hydroxyl groups excluding tert-OH is 1. The summed E-state index contributed by atoms with van der Waals surface area (Å²) in [5.41, 5.74) is 3.68. The van der Waals surface area contributed by atoms with E-state index in [0.29, 0.717) is 12.5 Å². The van der Waals surface area contributed by atoms with Gasteiger partial charge < -0.3 is 5.11 Å². The molecular formula is C15H21N3O. The van der Waals surface area contributed by atoms with Crippen LogP contribution in [0.15, 0.2) is 24.4 Å². The highest BCUT2D eigenvalue weighted by atomic mass is 16.3. The minimum absolute atomic E-state index is 0.344. The number of aliphatic hydroxyl groups is 1. The predicted molar refractivity (Wildman–Crippen MR) is 75.0 cm³/mol. The Balaban J connectivity index is 2.13. The van der Waals surface area contributed by atoms with Gasteiger partial charge in [-0.15, -0.1) is 0 Å². The predicted octanol–water partition coefficient (Wildman–Crippen LogP) is 2.75. The molecule has 0 radical (unpaired) electrons. The van der Waals surface area contributed by atoms with Crippen LogP contribution in [0.1, 0.15) is 48.6 Å². The topological polar surface area (TPSA) is 50.9 Å². The molecular weight excluding hydrogens is 238 g/mol. The maximum Gasteiger partial charge on any atom is 0.0847 e. The molecule has 0 aliphatic rings. The SMILES string of the molecule is Cc1cc(C(O)Cc2ccn(C(C)C)n2)cc(C)n1. The van der Waals surface area contributed by atoms with Gasteiger partial charge in [-0.3, -0.25) is 9.67 Å². The Hall–Kier alpha value is -1.68. The van der Waals surface area contributed by atoms with Crippen molar-refractivity contribution >= 4 is 0 Å². The normalized spacial score (nSPS) is 12.9. The molecule has 0 saturated carbocycles. The maximum atomic E-state index is 10.3. The second kappa shape index (κ2) is 5.53. The van der Waals surface area contributed by atoms with E-state index in [1.807, 2.05) is 42.9 Å². The Kier molecular flexibility index (Phi) is 4.00. The van der Waals surface area contributed by atoms with Gasteiger partial charge in [0, 0.05) is 30.0 Å². The fourth-order valence-electron chi connectivity index (χ4n) is 2.15. The molecule has 1 N–H and O–H groups in total. The van der Waals surface area contributed by atoms with Crippen molar-refractivity contribution in [2.24, 2.45) is 0 Å². The monoisotopic (exact) mass is 259 g/mol. The molecule has 1 unspecified atom stereocenters. The lowest BCUT2D eigenvalue weighted by molar-refractivity contribution is 0.176. The lowest BCUT2D eigenvalue weighted by Gasteiger charge is -2.11. The third-order valence-electron chi connectivity index (χ3n) is 3.08. The zero-order valence-electron chi connectivity index (χ0n) is 12.0. The Morgan fingerprint density at radius 1 is 1.21 bits per heavy atom. The summed E-state index contributed by atoms with van der Waals surface area (Å²) < 4.78 is 1.91. The first-order chi connectivity index (χ1) is 8.95. The molecule has 0 aromatic carbocycles. The van der Waals surface area contributed by atoms with E-state index >= 15 is 0 Å². The third-order valence-corrected chi connectivity index (χ3v) is 3.08. The molecule has 0 spiro atoms. The fraction of sp³-hybridized carbons (Fsp3) is 0.467. The standard InChI is InChI=1S/C15H21N3O/c1-10(2)18-6-5-14(17-18)9-15(19)13-7-11(3)16-12(4)8-13/h5-8,10,15,19H,9H2,1-4H3. The van der Waals surface area contributed by atoms with E-state index in [4.69, 9.17) is 0 Å². The summed E-state index contributed by atoms with van der Waals surface area (Å²) >= 11 is 0. The maximum absolute atomic E-state index is 10.3. The van der Waals surface area contributed by atoms with Gasteiger partial charge in [0.1, 0.15) is 0 Å². The molecule has 102 valence electrons. The minimum Gasteiger partial charge on any atom is -0.388 e. The molecule has 0 bridgehead atoms. The minimum atomic E-state index is -0.532. The van der Waals surface area contributed by atoms with E-state index in [1.165, 1.54) is 0 Å². The van der Waals surface area contributed by atoms with Crippen molar-refractivity contribution in [2.75, 3.05) is 0 Å². The summed E-state index contributed by atoms with van der Waals surface area (Å²) in [5, 5.41) is 14.8. The van der Waals surface area contributed by atoms with Crippen molar-refractivity contribution in [3.8, 4) is 0 Å². The first-order valence-corrected chi connectivity index (χ1v) is 6.63. The highest BCUT2D eigenvalue weighted by molar-refractivity contribution is 5.23. The largest absolute Gasteiger partial charge is 0.388 e. The summed E-state index contributed by atoms with van der Waals surface area (Å²) in [6.45, 7) is 8.05. The number of hydrogen-bond donors (Lipinski definition) is 1. The molecule has 4 heteroatoms. The summed E-state index contributed by atoms with van der Waals surface area (Å²) in [6, 6.07) is 6.16. The van der Waals surface area contributed by atoms with Gasteiger partial charge in [-0.05, 0) is 51.5 Å². The Morgan fingerprint density at radius 2 is 1.84 bits per heavy atom. The smallest absolute Gasteiger partial charge is 0.0847 e. The number of nitrogens with zero attached hydrogens (tertiary/aromatic N) is 3. The molecule has 0 saturated heterocycles. The van der Waals surface area contributed by atoms with Crippen molar-refractivity contribution < 1.29 is 5.11 Å². The molecule has 2 heterocycles. The van der Waals surface area contributed by atoms with E-state index < -0.39 is 6.10 Å². The first kappa shape index (κ1) is 13.7. The van der Waals surface area contributed by atoms with Gasteiger partial charge in [0.15, 0.2) is 0 Å². The van der Waals surface area contributed by atoms with Crippen LogP contribution in [0.2, 0.25) is 0 Å². The van der Waals surface area contributed by atoms with Crippen LogP contribution in [0.5, 0.6) is 0 Å². The Morgan fingerprint density at radius 3 is 2.37 bits per heavy atom. The van der Waals surface area contributed by atoms with Gasteiger partial charge in [-0.2, -0.15) is 5.10 Å². The molecule has 0 aliphatic carbocycles. The number of aromatic nitrogens is 3. The number of aryl methyl sites for hydroxylation is 2. The molecule has 2 aromatic heterocycles. The molecule has 0 amide bonds. The van der Waals surface area contributed by atoms with Crippen LogP contribution >= 0.6 is 0 Å². The second-order valence-corrected chi connectivity index (χ2v) is 5.28. The van der Waals surface area contributed by atoms with Gasteiger partial charge in [0.2, 0.25) is 0 Å². The molecule has 2 rings (SSSR count). The van der Waals surface area contributed by atoms with Gasteiger partial charge >= 0.3 is 0 Å². The van der Waals surface area contributed by atoms with Crippen LogP contribution < -0.4 is 0 Å². The van der Waals surface area contributed by atoms with E-state index in [2.05, 4.69) is 23.9 Å². The van der Waals surface area contributed by atoms with E-state index in [-0.39, 0.29) is 0 Å². The van der Waals surface area contributed by atoms with Crippen LogP contribution in [0.3, 0.4) is 0 Å². The summed E-state index contributed by atoms with van der Waals surface area (Å²) in [4.78, 5) is 4.32. The zero-order valence-corrected chi connectivity index (χ0v) is 12.0. The number of rotatable bonds is 4. The van der Waals surface area contributed by atoms with E-state index in [1.54, 1.807) is 0 Å². The number of hydrogen-bond acceptors (Lipinski definition) is 3. The Bertz CT molecular complexity index is 540. The van der Waals surface area contributed by atoms with Crippen LogP contribution in [-0.4, -0.2) is 19.9 Å². The number of pyridine rings is 1. The second-order valence-electron chi connectivity index (χ2n) is 5.28. The zero-order chi connectivity index (χ0) is 14.0. The van der Waals surface area contributed by atoms with Crippen LogP contribution in [0.25, 0.3) is 0 Å². The van der Waals surface area contributed by atoms with Gasteiger partial charge in [0.25, 0.3) is 0 Å². The summed E-state index contributed by atoms with van der Waals surface area (Å²) in [7, 11) is 0. The third kappa shape index (κ3) is 3.41. The average molecular weight is 259 g/mol. The van der Waals surface area contributed by atoms with Crippen molar-refractivity contribution in [2.45, 2.75) is 46.3 Å². The molecule has 19 heavy (non-hydrogen) atoms. The first-order valence-electron chi connectivity index (χ1n) is 6.63. The molecule has 0 fully saturated rings. The molecule has 2 aromatic rings. The van der Waals surface area contributed by atoms with Crippen molar-refractivity contribution in [3.05, 3.63) is 47.0 Å². The summed E-state index contributed by atoms with van der Waals surface area (Å²) in [6.07, 6.45) is 1.95. The van der Waals surface area contributed by atoms with E-state index in [9.17, 15) is 5.11 Å². The van der Waals surface area contributed by atoms with Crippen molar-refractivity contribution in [1.82, 2.24) is 14.8 Å². The summed E-state index contributed by atoms with van der Waals surface area (Å²) in [5.74, 6) is 0. The van der Waals surface area contributed by atoms with Gasteiger partial charge in [0.05, 0.1) is 11.8 Å². The van der Waals surface area contributed by atoms with Gasteiger partial charge in [-0.1, -0.05) is 0 Å². The van der Waals surface area contributed by atoms with Crippen LogP contribution in [0, 0.1) is 13.8 Å². The van der Waals surface area contributed by atoms with Crippen molar-refractivity contribution in [1.29, 1.82) is 0 Å². The lowest BCUT2D eigenvalue weighted by Crippen LogP contribution is -2.06. The molecule has 0 aliphatic heterocycles. The highest BCUT2D eigenvalue weighted by Crippen LogP contribution is 2.19. The lowest BCUT2D eigenvalue weighted by atomic mass is 10.0. The molecule has 4 nitrogen and oxygen atoms in total. The fourth-order valence-corrected chi connectivity index (χ4v) is 2.15. The average Bonchev–Trinajstić information content (AvgIpc) is 2.76. The van der Waals surface area contributed by atoms with Crippen LogP contribution in [0.4, 0.5) is 0 Å². The molecule has 1 atom stereocenters. The van der Waals surface area contributed by atoms with Crippen LogP contribution in [-0.2, 0) is 6.42 Å². The van der Waals surface area contributed by atoms with Crippen molar-refractivity contribution in [3.63, 3.8) is 0 Å². The highest BCUT2D eigenvalue weighted by Gasteiger charge is 2.12. The quantitative estimate of drug-likeness (QED) is 0.918.